The molecule has 0 unspecified atom stereocenters. The summed E-state index contributed by atoms with van der Waals surface area (Å²) in [6.07, 6.45) is 0. The maximum atomic E-state index is 10.6. The van der Waals surface area contributed by atoms with Crippen molar-refractivity contribution in [3.8, 4) is 0 Å². The zero-order valence-corrected chi connectivity index (χ0v) is 7.96. The lowest BCUT2D eigenvalue weighted by Crippen LogP contribution is -2.36. The van der Waals surface area contributed by atoms with Crippen LogP contribution in [-0.4, -0.2) is 13.0 Å². The van der Waals surface area contributed by atoms with Crippen LogP contribution in [0.15, 0.2) is 24.3 Å². The first-order valence-corrected chi connectivity index (χ1v) is 4.97. The molecule has 0 aliphatic rings. The van der Waals surface area contributed by atoms with Gasteiger partial charge < -0.3 is 0 Å². The number of hydrazine groups is 1. The predicted molar refractivity (Wildman–Crippen MR) is 49.7 cm³/mol. The summed E-state index contributed by atoms with van der Waals surface area (Å²) in [5.74, 6) is 5.08. The fraction of sp³-hybridized carbons (Fsp3) is 0. The molecule has 0 aliphatic carbocycles. The van der Waals surface area contributed by atoms with E-state index in [1.807, 2.05) is 0 Å². The van der Waals surface area contributed by atoms with Gasteiger partial charge in [0.25, 0.3) is 0 Å². The normalized spacial score (nSPS) is 11.3. The Morgan fingerprint density at radius 3 is 2.54 bits per heavy atom. The summed E-state index contributed by atoms with van der Waals surface area (Å²) < 4.78 is 29.9. The second-order valence-electron chi connectivity index (χ2n) is 2.25. The Morgan fingerprint density at radius 1 is 1.46 bits per heavy atom. The highest BCUT2D eigenvalue weighted by Crippen LogP contribution is 2.18. The molecule has 5 nitrogen and oxygen atoms in total. The molecule has 0 bridgehead atoms. The lowest BCUT2D eigenvalue weighted by Gasteiger charge is -2.13. The molecule has 72 valence electrons. The van der Waals surface area contributed by atoms with Crippen molar-refractivity contribution in [2.24, 2.45) is 5.84 Å². The van der Waals surface area contributed by atoms with Gasteiger partial charge in [-0.3, -0.25) is 4.55 Å². The van der Waals surface area contributed by atoms with E-state index in [0.29, 0.717) is 5.02 Å². The van der Waals surface area contributed by atoms with Crippen LogP contribution in [0.2, 0.25) is 5.02 Å². The van der Waals surface area contributed by atoms with E-state index in [2.05, 4.69) is 0 Å². The summed E-state index contributed by atoms with van der Waals surface area (Å²) in [7, 11) is -4.42. The number of halogens is 1. The van der Waals surface area contributed by atoms with E-state index >= 15 is 0 Å². The van der Waals surface area contributed by atoms with Crippen LogP contribution < -0.4 is 10.3 Å². The molecule has 0 spiro atoms. The van der Waals surface area contributed by atoms with Gasteiger partial charge in [-0.1, -0.05) is 17.7 Å². The SMILES string of the molecule is NN(c1cccc(Cl)c1)S(=O)(=O)O. The van der Waals surface area contributed by atoms with E-state index < -0.39 is 10.3 Å². The van der Waals surface area contributed by atoms with Crippen LogP contribution in [0.1, 0.15) is 0 Å². The van der Waals surface area contributed by atoms with Crippen molar-refractivity contribution in [2.45, 2.75) is 0 Å². The van der Waals surface area contributed by atoms with Gasteiger partial charge in [0.2, 0.25) is 0 Å². The molecule has 1 aromatic carbocycles. The van der Waals surface area contributed by atoms with E-state index in [1.54, 1.807) is 6.07 Å². The number of nitrogens with two attached hydrogens (primary N) is 1. The van der Waals surface area contributed by atoms with Crippen LogP contribution in [0.25, 0.3) is 0 Å². The number of hydrogen-bond acceptors (Lipinski definition) is 3. The highest BCUT2D eigenvalue weighted by molar-refractivity contribution is 7.87. The maximum absolute atomic E-state index is 10.6. The van der Waals surface area contributed by atoms with Gasteiger partial charge in [-0.15, -0.1) is 0 Å². The van der Waals surface area contributed by atoms with Crippen LogP contribution in [0.3, 0.4) is 0 Å². The van der Waals surface area contributed by atoms with Crippen LogP contribution in [0.4, 0.5) is 5.69 Å². The van der Waals surface area contributed by atoms with Gasteiger partial charge in [0.1, 0.15) is 0 Å². The molecule has 0 saturated heterocycles. The molecular weight excluding hydrogens is 216 g/mol. The molecule has 0 amide bonds. The third kappa shape index (κ3) is 2.56. The third-order valence-corrected chi connectivity index (χ3v) is 2.25. The Morgan fingerprint density at radius 2 is 2.08 bits per heavy atom. The average Bonchev–Trinajstić information content (AvgIpc) is 2.01. The summed E-state index contributed by atoms with van der Waals surface area (Å²) in [5, 5.41) is 0.330. The summed E-state index contributed by atoms with van der Waals surface area (Å²) >= 11 is 5.58. The highest BCUT2D eigenvalue weighted by atomic mass is 35.5. The van der Waals surface area contributed by atoms with Gasteiger partial charge >= 0.3 is 10.3 Å². The Kier molecular flexibility index (Phi) is 2.77. The lowest BCUT2D eigenvalue weighted by atomic mass is 10.3. The molecule has 0 radical (unpaired) electrons. The maximum Gasteiger partial charge on any atom is 0.373 e. The summed E-state index contributed by atoms with van der Waals surface area (Å²) in [4.78, 5) is 0. The van der Waals surface area contributed by atoms with Gasteiger partial charge in [0.15, 0.2) is 0 Å². The van der Waals surface area contributed by atoms with Crippen LogP contribution >= 0.6 is 11.6 Å². The van der Waals surface area contributed by atoms with E-state index in [-0.39, 0.29) is 10.1 Å². The number of rotatable bonds is 2. The quantitative estimate of drug-likeness (QED) is 0.441. The molecule has 0 fully saturated rings. The van der Waals surface area contributed by atoms with E-state index in [1.165, 1.54) is 18.2 Å². The average molecular weight is 223 g/mol. The van der Waals surface area contributed by atoms with Gasteiger partial charge in [-0.2, -0.15) is 12.8 Å². The molecule has 0 aliphatic heterocycles. The number of hydrogen-bond donors (Lipinski definition) is 2. The number of benzene rings is 1. The number of nitrogens with zero attached hydrogens (tertiary/aromatic N) is 1. The molecule has 1 rings (SSSR count). The van der Waals surface area contributed by atoms with Crippen molar-refractivity contribution in [1.29, 1.82) is 0 Å². The van der Waals surface area contributed by atoms with Crippen LogP contribution in [0.5, 0.6) is 0 Å². The van der Waals surface area contributed by atoms with Crippen LogP contribution in [-0.2, 0) is 10.3 Å². The zero-order chi connectivity index (χ0) is 10.1. The van der Waals surface area contributed by atoms with Gasteiger partial charge in [-0.25, -0.2) is 5.84 Å². The Balaban J connectivity index is 3.10. The minimum Gasteiger partial charge on any atom is -0.268 e. The molecule has 1 aromatic rings. The predicted octanol–water partition coefficient (Wildman–Crippen LogP) is 0.823. The van der Waals surface area contributed by atoms with Crippen molar-refractivity contribution in [3.05, 3.63) is 29.3 Å². The van der Waals surface area contributed by atoms with E-state index in [0.717, 1.165) is 0 Å². The first kappa shape index (κ1) is 10.3. The summed E-state index contributed by atoms with van der Waals surface area (Å²) in [6.45, 7) is 0. The van der Waals surface area contributed by atoms with Crippen molar-refractivity contribution in [3.63, 3.8) is 0 Å². The van der Waals surface area contributed by atoms with Gasteiger partial charge in [-0.05, 0) is 18.2 Å². The van der Waals surface area contributed by atoms with E-state index in [9.17, 15) is 8.42 Å². The van der Waals surface area contributed by atoms with Crippen molar-refractivity contribution >= 4 is 27.6 Å². The fourth-order valence-electron chi connectivity index (χ4n) is 0.746. The summed E-state index contributed by atoms with van der Waals surface area (Å²) in [5.41, 5.74) is 0.0926. The Hall–Kier alpha value is -0.820. The molecule has 0 saturated carbocycles. The first-order chi connectivity index (χ1) is 5.91. The molecule has 0 atom stereocenters. The molecule has 0 heterocycles. The van der Waals surface area contributed by atoms with Crippen molar-refractivity contribution in [1.82, 2.24) is 0 Å². The molecule has 0 aromatic heterocycles. The van der Waals surface area contributed by atoms with Gasteiger partial charge in [0.05, 0.1) is 5.69 Å². The monoisotopic (exact) mass is 222 g/mol. The van der Waals surface area contributed by atoms with Gasteiger partial charge in [0, 0.05) is 5.02 Å². The van der Waals surface area contributed by atoms with E-state index in [4.69, 9.17) is 22.0 Å². The lowest BCUT2D eigenvalue weighted by molar-refractivity contribution is 0.478. The first-order valence-electron chi connectivity index (χ1n) is 3.19. The molecular formula is C6H7ClN2O3S. The second-order valence-corrected chi connectivity index (χ2v) is 3.98. The molecule has 13 heavy (non-hydrogen) atoms. The highest BCUT2D eigenvalue weighted by Gasteiger charge is 2.14. The van der Waals surface area contributed by atoms with Crippen LogP contribution in [0, 0.1) is 0 Å². The summed E-state index contributed by atoms with van der Waals surface area (Å²) in [6, 6.07) is 5.79. The standard InChI is InChI=1S/C6H7ClN2O3S/c7-5-2-1-3-6(4-5)9(8)13(10,11)12/h1-4H,8H2,(H,10,11,12). The minimum atomic E-state index is -4.42. The largest absolute Gasteiger partial charge is 0.373 e. The molecule has 3 N–H and O–H groups in total. The zero-order valence-electron chi connectivity index (χ0n) is 6.38. The smallest absolute Gasteiger partial charge is 0.268 e. The number of anilines is 1. The Bertz CT molecular complexity index is 406. The fourth-order valence-corrected chi connectivity index (χ4v) is 1.31. The van der Waals surface area contributed by atoms with Crippen molar-refractivity contribution < 1.29 is 13.0 Å². The third-order valence-electron chi connectivity index (χ3n) is 1.31. The second kappa shape index (κ2) is 3.51. The Labute approximate surface area is 80.6 Å². The topological polar surface area (TPSA) is 83.6 Å². The minimum absolute atomic E-state index is 0.0926. The van der Waals surface area contributed by atoms with Crippen molar-refractivity contribution in [2.75, 3.05) is 4.41 Å². The molecule has 7 heteroatoms.